The van der Waals surface area contributed by atoms with Crippen molar-refractivity contribution in [3.8, 4) is 5.75 Å². The van der Waals surface area contributed by atoms with Crippen LogP contribution >= 0.6 is 0 Å². The van der Waals surface area contributed by atoms with Crippen molar-refractivity contribution in [1.29, 1.82) is 0 Å². The molecule has 108 valence electrons. The lowest BCUT2D eigenvalue weighted by Crippen LogP contribution is -2.09. The average Bonchev–Trinajstić information content (AvgIpc) is 2.36. The highest BCUT2D eigenvalue weighted by Crippen LogP contribution is 2.24. The summed E-state index contributed by atoms with van der Waals surface area (Å²) < 4.78 is 11.3. The van der Waals surface area contributed by atoms with Crippen LogP contribution in [0.15, 0.2) is 12.1 Å². The molecule has 0 aliphatic rings. The van der Waals surface area contributed by atoms with Crippen LogP contribution in [-0.4, -0.2) is 26.4 Å². The van der Waals surface area contributed by atoms with E-state index in [0.717, 1.165) is 25.2 Å². The number of hydrogen-bond donors (Lipinski definition) is 1. The molecular weight excluding hydrogens is 238 g/mol. The van der Waals surface area contributed by atoms with Crippen LogP contribution in [0.25, 0.3) is 0 Å². The summed E-state index contributed by atoms with van der Waals surface area (Å²) in [6.45, 7) is 9.11. The van der Waals surface area contributed by atoms with Gasteiger partial charge in [-0.25, -0.2) is 0 Å². The first-order chi connectivity index (χ1) is 9.19. The standard InChI is InChI=1S/C16H27NO2/c1-4-5-8-18-9-10-19-16-13(2)11-15(6-7-17)12-14(16)3/h11-12H,4-10,17H2,1-3H3. The van der Waals surface area contributed by atoms with Gasteiger partial charge in [0.25, 0.3) is 0 Å². The van der Waals surface area contributed by atoms with Gasteiger partial charge in [-0.15, -0.1) is 0 Å². The third-order valence-corrected chi connectivity index (χ3v) is 3.07. The maximum Gasteiger partial charge on any atom is 0.125 e. The smallest absolute Gasteiger partial charge is 0.125 e. The first kappa shape index (κ1) is 16.0. The van der Waals surface area contributed by atoms with E-state index < -0.39 is 0 Å². The molecule has 0 fully saturated rings. The first-order valence-electron chi connectivity index (χ1n) is 7.19. The molecule has 0 heterocycles. The number of benzene rings is 1. The Bertz CT molecular complexity index is 354. The topological polar surface area (TPSA) is 44.5 Å². The quantitative estimate of drug-likeness (QED) is 0.698. The Kier molecular flexibility index (Phi) is 7.53. The summed E-state index contributed by atoms with van der Waals surface area (Å²) in [5, 5.41) is 0. The zero-order valence-corrected chi connectivity index (χ0v) is 12.5. The van der Waals surface area contributed by atoms with Crippen LogP contribution in [0.1, 0.15) is 36.5 Å². The lowest BCUT2D eigenvalue weighted by Gasteiger charge is -2.14. The van der Waals surface area contributed by atoms with Crippen molar-refractivity contribution in [3.05, 3.63) is 28.8 Å². The third-order valence-electron chi connectivity index (χ3n) is 3.07. The molecule has 0 amide bonds. The van der Waals surface area contributed by atoms with Crippen molar-refractivity contribution in [1.82, 2.24) is 0 Å². The van der Waals surface area contributed by atoms with Gasteiger partial charge in [-0.3, -0.25) is 0 Å². The Labute approximate surface area is 117 Å². The molecule has 1 aromatic rings. The molecule has 0 aromatic heterocycles. The number of unbranched alkanes of at least 4 members (excludes halogenated alkanes) is 1. The van der Waals surface area contributed by atoms with Crippen molar-refractivity contribution >= 4 is 0 Å². The normalized spacial score (nSPS) is 10.7. The number of nitrogens with two attached hydrogens (primary N) is 1. The monoisotopic (exact) mass is 265 g/mol. The summed E-state index contributed by atoms with van der Waals surface area (Å²) in [5.74, 6) is 0.986. The molecule has 0 unspecified atom stereocenters. The molecule has 0 spiro atoms. The Balaban J connectivity index is 2.45. The summed E-state index contributed by atoms with van der Waals surface area (Å²) in [6, 6.07) is 4.32. The molecule has 0 radical (unpaired) electrons. The van der Waals surface area contributed by atoms with Crippen molar-refractivity contribution < 1.29 is 9.47 Å². The third kappa shape index (κ3) is 5.62. The molecule has 1 aromatic carbocycles. The summed E-state index contributed by atoms with van der Waals surface area (Å²) >= 11 is 0. The molecule has 1 rings (SSSR count). The van der Waals surface area contributed by atoms with Gasteiger partial charge in [0.05, 0.1) is 6.61 Å². The van der Waals surface area contributed by atoms with Gasteiger partial charge in [0.2, 0.25) is 0 Å². The SMILES string of the molecule is CCCCOCCOc1c(C)cc(CCN)cc1C. The minimum Gasteiger partial charge on any atom is -0.491 e. The highest BCUT2D eigenvalue weighted by atomic mass is 16.5. The molecular formula is C16H27NO2. The fourth-order valence-corrected chi connectivity index (χ4v) is 2.13. The predicted octanol–water partition coefficient (Wildman–Crippen LogP) is 3.00. The van der Waals surface area contributed by atoms with E-state index in [4.69, 9.17) is 15.2 Å². The molecule has 0 aliphatic carbocycles. The van der Waals surface area contributed by atoms with Crippen LogP contribution in [-0.2, 0) is 11.2 Å². The van der Waals surface area contributed by atoms with E-state index in [0.29, 0.717) is 19.8 Å². The average molecular weight is 265 g/mol. The Morgan fingerprint density at radius 3 is 2.32 bits per heavy atom. The first-order valence-corrected chi connectivity index (χ1v) is 7.19. The van der Waals surface area contributed by atoms with E-state index >= 15 is 0 Å². The van der Waals surface area contributed by atoms with Gasteiger partial charge in [0, 0.05) is 6.61 Å². The zero-order valence-electron chi connectivity index (χ0n) is 12.5. The fraction of sp³-hybridized carbons (Fsp3) is 0.625. The number of hydrogen-bond acceptors (Lipinski definition) is 3. The van der Waals surface area contributed by atoms with Crippen LogP contribution in [0.2, 0.25) is 0 Å². The highest BCUT2D eigenvalue weighted by Gasteiger charge is 2.06. The number of rotatable bonds is 9. The molecule has 2 N–H and O–H groups in total. The van der Waals surface area contributed by atoms with Crippen LogP contribution in [0.3, 0.4) is 0 Å². The predicted molar refractivity (Wildman–Crippen MR) is 79.9 cm³/mol. The Morgan fingerprint density at radius 2 is 1.74 bits per heavy atom. The van der Waals surface area contributed by atoms with Gasteiger partial charge in [-0.1, -0.05) is 25.5 Å². The van der Waals surface area contributed by atoms with E-state index in [1.807, 2.05) is 0 Å². The molecule has 0 saturated carbocycles. The molecule has 0 aliphatic heterocycles. The van der Waals surface area contributed by atoms with Crippen LogP contribution in [0, 0.1) is 13.8 Å². The largest absolute Gasteiger partial charge is 0.491 e. The van der Waals surface area contributed by atoms with Gasteiger partial charge >= 0.3 is 0 Å². The van der Waals surface area contributed by atoms with Gasteiger partial charge < -0.3 is 15.2 Å². The summed E-state index contributed by atoms with van der Waals surface area (Å²) in [4.78, 5) is 0. The lowest BCUT2D eigenvalue weighted by molar-refractivity contribution is 0.0976. The molecule has 3 nitrogen and oxygen atoms in total. The van der Waals surface area contributed by atoms with Gasteiger partial charge in [0.15, 0.2) is 0 Å². The highest BCUT2D eigenvalue weighted by molar-refractivity contribution is 5.43. The van der Waals surface area contributed by atoms with Crippen molar-refractivity contribution in [2.75, 3.05) is 26.4 Å². The van der Waals surface area contributed by atoms with Crippen LogP contribution in [0.5, 0.6) is 5.75 Å². The molecule has 19 heavy (non-hydrogen) atoms. The van der Waals surface area contributed by atoms with Gasteiger partial charge in [-0.2, -0.15) is 0 Å². The van der Waals surface area contributed by atoms with E-state index in [1.165, 1.54) is 23.1 Å². The van der Waals surface area contributed by atoms with Gasteiger partial charge in [-0.05, 0) is 49.9 Å². The maximum atomic E-state index is 5.82. The summed E-state index contributed by atoms with van der Waals surface area (Å²) in [5.41, 5.74) is 9.23. The van der Waals surface area contributed by atoms with Gasteiger partial charge in [0.1, 0.15) is 12.4 Å². The van der Waals surface area contributed by atoms with Crippen LogP contribution < -0.4 is 10.5 Å². The number of aryl methyl sites for hydroxylation is 2. The summed E-state index contributed by atoms with van der Waals surface area (Å²) in [6.07, 6.45) is 3.20. The Hall–Kier alpha value is -1.06. The van der Waals surface area contributed by atoms with Crippen LogP contribution in [0.4, 0.5) is 0 Å². The fourth-order valence-electron chi connectivity index (χ4n) is 2.13. The minimum absolute atomic E-state index is 0.613. The summed E-state index contributed by atoms with van der Waals surface area (Å²) in [7, 11) is 0. The Morgan fingerprint density at radius 1 is 1.05 bits per heavy atom. The van der Waals surface area contributed by atoms with Crippen molar-refractivity contribution in [2.45, 2.75) is 40.0 Å². The second-order valence-corrected chi connectivity index (χ2v) is 4.91. The van der Waals surface area contributed by atoms with E-state index in [9.17, 15) is 0 Å². The molecule has 0 saturated heterocycles. The molecule has 3 heteroatoms. The van der Waals surface area contributed by atoms with E-state index in [1.54, 1.807) is 0 Å². The second-order valence-electron chi connectivity index (χ2n) is 4.91. The minimum atomic E-state index is 0.613. The van der Waals surface area contributed by atoms with E-state index in [2.05, 4.69) is 32.9 Å². The lowest BCUT2D eigenvalue weighted by atomic mass is 10.0. The maximum absolute atomic E-state index is 5.82. The van der Waals surface area contributed by atoms with Crippen molar-refractivity contribution in [2.24, 2.45) is 5.73 Å². The second kappa shape index (κ2) is 8.94. The van der Waals surface area contributed by atoms with Crippen molar-refractivity contribution in [3.63, 3.8) is 0 Å². The molecule has 0 atom stereocenters. The molecule has 0 bridgehead atoms. The zero-order chi connectivity index (χ0) is 14.1. The van der Waals surface area contributed by atoms with E-state index in [-0.39, 0.29) is 0 Å². The number of ether oxygens (including phenoxy) is 2.